The van der Waals surface area contributed by atoms with Crippen molar-refractivity contribution < 1.29 is 9.47 Å². The van der Waals surface area contributed by atoms with Gasteiger partial charge in [0.05, 0.1) is 12.7 Å². The van der Waals surface area contributed by atoms with Gasteiger partial charge in [0, 0.05) is 19.1 Å². The highest BCUT2D eigenvalue weighted by molar-refractivity contribution is 5.39. The Morgan fingerprint density at radius 2 is 2.24 bits per heavy atom. The Kier molecular flexibility index (Phi) is 4.81. The second-order valence-corrected chi connectivity index (χ2v) is 6.23. The summed E-state index contributed by atoms with van der Waals surface area (Å²) in [7, 11) is 2.07. The second kappa shape index (κ2) is 6.80. The van der Waals surface area contributed by atoms with E-state index in [1.807, 2.05) is 0 Å². The first kappa shape index (κ1) is 14.9. The summed E-state index contributed by atoms with van der Waals surface area (Å²) in [5.41, 5.74) is 2.79. The quantitative estimate of drug-likeness (QED) is 0.798. The molecule has 1 aromatic rings. The van der Waals surface area contributed by atoms with Crippen LogP contribution in [0.3, 0.4) is 0 Å². The van der Waals surface area contributed by atoms with Gasteiger partial charge in [-0.3, -0.25) is 0 Å². The van der Waals surface area contributed by atoms with Gasteiger partial charge >= 0.3 is 0 Å². The summed E-state index contributed by atoms with van der Waals surface area (Å²) < 4.78 is 11.6. The number of hydrogen-bond acceptors (Lipinski definition) is 3. The number of benzene rings is 1. The van der Waals surface area contributed by atoms with Crippen molar-refractivity contribution in [1.82, 2.24) is 5.32 Å². The number of nitrogens with one attached hydrogen (secondary N) is 1. The van der Waals surface area contributed by atoms with Crippen LogP contribution >= 0.6 is 0 Å². The first-order chi connectivity index (χ1) is 10.3. The number of likely N-dealkylation sites (N-methyl/N-ethyl adjacent to an activating group) is 1. The van der Waals surface area contributed by atoms with Crippen LogP contribution < -0.4 is 10.1 Å². The molecule has 0 spiro atoms. The third-order valence-electron chi connectivity index (χ3n) is 4.71. The van der Waals surface area contributed by atoms with Crippen molar-refractivity contribution in [2.45, 2.75) is 51.2 Å². The molecule has 2 unspecified atom stereocenters. The Bertz CT molecular complexity index is 470. The Hall–Kier alpha value is -1.06. The number of aryl methyl sites for hydroxylation is 1. The number of ether oxygens (including phenoxy) is 2. The van der Waals surface area contributed by atoms with Gasteiger partial charge in [0.2, 0.25) is 0 Å². The second-order valence-electron chi connectivity index (χ2n) is 6.23. The van der Waals surface area contributed by atoms with E-state index in [-0.39, 0.29) is 0 Å². The van der Waals surface area contributed by atoms with Gasteiger partial charge < -0.3 is 14.8 Å². The van der Waals surface area contributed by atoms with E-state index >= 15 is 0 Å². The van der Waals surface area contributed by atoms with Gasteiger partial charge in [-0.1, -0.05) is 12.1 Å². The predicted octanol–water partition coefficient (Wildman–Crippen LogP) is 2.96. The zero-order chi connectivity index (χ0) is 14.7. The molecule has 0 bridgehead atoms. The SMILES string of the molecule is CCOC(C1CC1)C(CCc1ccc2c(c1)CCO2)NC. The molecule has 1 aliphatic heterocycles. The molecule has 3 rings (SSSR count). The molecule has 1 aromatic carbocycles. The van der Waals surface area contributed by atoms with Gasteiger partial charge in [0.15, 0.2) is 0 Å². The fourth-order valence-electron chi connectivity index (χ4n) is 3.39. The summed E-state index contributed by atoms with van der Waals surface area (Å²) in [4.78, 5) is 0. The van der Waals surface area contributed by atoms with E-state index in [2.05, 4.69) is 37.5 Å². The molecule has 3 nitrogen and oxygen atoms in total. The van der Waals surface area contributed by atoms with Crippen molar-refractivity contribution in [3.8, 4) is 5.75 Å². The van der Waals surface area contributed by atoms with Gasteiger partial charge in [-0.05, 0) is 62.8 Å². The molecule has 0 saturated heterocycles. The first-order valence-corrected chi connectivity index (χ1v) is 8.35. The highest BCUT2D eigenvalue weighted by Gasteiger charge is 2.36. The largest absolute Gasteiger partial charge is 0.493 e. The number of fused-ring (bicyclic) bond motifs is 1. The standard InChI is InChI=1S/C18H27NO2/c1-3-20-18(14-6-7-14)16(19-2)8-4-13-5-9-17-15(12-13)10-11-21-17/h5,9,12,14,16,18-19H,3-4,6-8,10-11H2,1-2H3. The molecule has 1 heterocycles. The summed E-state index contributed by atoms with van der Waals surface area (Å²) in [5.74, 6) is 1.85. The van der Waals surface area contributed by atoms with E-state index in [4.69, 9.17) is 9.47 Å². The highest BCUT2D eigenvalue weighted by atomic mass is 16.5. The third kappa shape index (κ3) is 3.58. The molecule has 116 valence electrons. The summed E-state index contributed by atoms with van der Waals surface area (Å²) in [5, 5.41) is 3.48. The maximum Gasteiger partial charge on any atom is 0.122 e. The van der Waals surface area contributed by atoms with Gasteiger partial charge in [-0.25, -0.2) is 0 Å². The van der Waals surface area contributed by atoms with Gasteiger partial charge in [0.1, 0.15) is 5.75 Å². The zero-order valence-corrected chi connectivity index (χ0v) is 13.2. The van der Waals surface area contributed by atoms with E-state index in [0.29, 0.717) is 12.1 Å². The first-order valence-electron chi connectivity index (χ1n) is 8.35. The molecular formula is C18H27NO2. The van der Waals surface area contributed by atoms with Crippen LogP contribution in [0.4, 0.5) is 0 Å². The fourth-order valence-corrected chi connectivity index (χ4v) is 3.39. The van der Waals surface area contributed by atoms with Crippen molar-refractivity contribution in [1.29, 1.82) is 0 Å². The minimum Gasteiger partial charge on any atom is -0.493 e. The van der Waals surface area contributed by atoms with Crippen molar-refractivity contribution in [3.63, 3.8) is 0 Å². The summed E-state index contributed by atoms with van der Waals surface area (Å²) >= 11 is 0. The summed E-state index contributed by atoms with van der Waals surface area (Å²) in [6, 6.07) is 7.13. The van der Waals surface area contributed by atoms with Crippen LogP contribution in [-0.4, -0.2) is 32.4 Å². The topological polar surface area (TPSA) is 30.5 Å². The molecule has 21 heavy (non-hydrogen) atoms. The molecule has 3 heteroatoms. The Balaban J connectivity index is 1.59. The van der Waals surface area contributed by atoms with Crippen LogP contribution in [-0.2, 0) is 17.6 Å². The normalized spacial score (nSPS) is 19.9. The Labute approximate surface area is 128 Å². The van der Waals surface area contributed by atoms with Gasteiger partial charge in [0.25, 0.3) is 0 Å². The molecule has 0 amide bonds. The molecule has 1 saturated carbocycles. The molecule has 2 aliphatic rings. The lowest BCUT2D eigenvalue weighted by atomic mass is 9.97. The predicted molar refractivity (Wildman–Crippen MR) is 84.9 cm³/mol. The molecule has 2 atom stereocenters. The summed E-state index contributed by atoms with van der Waals surface area (Å²) in [6.07, 6.45) is 6.35. The summed E-state index contributed by atoms with van der Waals surface area (Å²) in [6.45, 7) is 3.75. The van der Waals surface area contributed by atoms with Crippen molar-refractivity contribution in [2.75, 3.05) is 20.3 Å². The molecule has 0 radical (unpaired) electrons. The molecule has 1 aliphatic carbocycles. The Morgan fingerprint density at radius 1 is 1.38 bits per heavy atom. The average Bonchev–Trinajstić information content (AvgIpc) is 3.24. The maximum atomic E-state index is 6.00. The smallest absolute Gasteiger partial charge is 0.122 e. The Morgan fingerprint density at radius 3 is 2.95 bits per heavy atom. The van der Waals surface area contributed by atoms with E-state index in [9.17, 15) is 0 Å². The van der Waals surface area contributed by atoms with Crippen LogP contribution in [0.2, 0.25) is 0 Å². The molecular weight excluding hydrogens is 262 g/mol. The average molecular weight is 289 g/mol. The van der Waals surface area contributed by atoms with E-state index < -0.39 is 0 Å². The van der Waals surface area contributed by atoms with Crippen molar-refractivity contribution in [2.24, 2.45) is 5.92 Å². The minimum atomic E-state index is 0.387. The van der Waals surface area contributed by atoms with Crippen LogP contribution in [0.5, 0.6) is 5.75 Å². The number of hydrogen-bond donors (Lipinski definition) is 1. The van der Waals surface area contributed by atoms with Crippen LogP contribution in [0.25, 0.3) is 0 Å². The van der Waals surface area contributed by atoms with E-state index in [1.54, 1.807) is 0 Å². The van der Waals surface area contributed by atoms with E-state index in [0.717, 1.165) is 44.1 Å². The maximum absolute atomic E-state index is 6.00. The van der Waals surface area contributed by atoms with Crippen molar-refractivity contribution in [3.05, 3.63) is 29.3 Å². The molecule has 0 aromatic heterocycles. The van der Waals surface area contributed by atoms with Crippen LogP contribution in [0, 0.1) is 5.92 Å². The highest BCUT2D eigenvalue weighted by Crippen LogP contribution is 2.36. The fraction of sp³-hybridized carbons (Fsp3) is 0.667. The van der Waals surface area contributed by atoms with Crippen LogP contribution in [0.1, 0.15) is 37.3 Å². The van der Waals surface area contributed by atoms with Crippen molar-refractivity contribution >= 4 is 0 Å². The monoisotopic (exact) mass is 289 g/mol. The van der Waals surface area contributed by atoms with Crippen LogP contribution in [0.15, 0.2) is 18.2 Å². The lowest BCUT2D eigenvalue weighted by Crippen LogP contribution is -2.41. The van der Waals surface area contributed by atoms with Gasteiger partial charge in [-0.15, -0.1) is 0 Å². The molecule has 1 N–H and O–H groups in total. The number of rotatable bonds is 8. The lowest BCUT2D eigenvalue weighted by Gasteiger charge is -2.27. The minimum absolute atomic E-state index is 0.387. The third-order valence-corrected chi connectivity index (χ3v) is 4.71. The zero-order valence-electron chi connectivity index (χ0n) is 13.2. The van der Waals surface area contributed by atoms with Gasteiger partial charge in [-0.2, -0.15) is 0 Å². The molecule has 1 fully saturated rings. The van der Waals surface area contributed by atoms with E-state index in [1.165, 1.54) is 24.0 Å². The lowest BCUT2D eigenvalue weighted by molar-refractivity contribution is 0.0190.